The van der Waals surface area contributed by atoms with E-state index in [9.17, 15) is 8.42 Å². The second-order valence-electron chi connectivity index (χ2n) is 3.74. The first kappa shape index (κ1) is 13.0. The van der Waals surface area contributed by atoms with Crippen molar-refractivity contribution >= 4 is 9.84 Å². The number of benzene rings is 1. The zero-order valence-electron chi connectivity index (χ0n) is 9.38. The van der Waals surface area contributed by atoms with Crippen LogP contribution in [0.2, 0.25) is 0 Å². The Morgan fingerprint density at radius 3 is 2.31 bits per heavy atom. The second kappa shape index (κ2) is 5.32. The van der Waals surface area contributed by atoms with E-state index in [1.54, 1.807) is 19.1 Å². The van der Waals surface area contributed by atoms with Crippen molar-refractivity contribution in [1.82, 2.24) is 0 Å². The Morgan fingerprint density at radius 2 is 1.88 bits per heavy atom. The first-order valence-electron chi connectivity index (χ1n) is 4.97. The molecule has 1 unspecified atom stereocenters. The lowest BCUT2D eigenvalue weighted by Gasteiger charge is -2.09. The van der Waals surface area contributed by atoms with E-state index in [0.29, 0.717) is 5.75 Å². The van der Waals surface area contributed by atoms with Gasteiger partial charge in [0, 0.05) is 6.61 Å². The fourth-order valence-corrected chi connectivity index (χ4v) is 2.90. The number of rotatable bonds is 5. The number of methoxy groups -OCH3 is 1. The smallest absolute Gasteiger partial charge is 0.178 e. The maximum atomic E-state index is 11.8. The Hall–Kier alpha value is -1.07. The fraction of sp³-hybridized carbons (Fsp3) is 0.455. The molecule has 16 heavy (non-hydrogen) atoms. The normalized spacial score (nSPS) is 13.4. The van der Waals surface area contributed by atoms with Gasteiger partial charge >= 0.3 is 0 Å². The second-order valence-corrected chi connectivity index (χ2v) is 5.78. The maximum Gasteiger partial charge on any atom is 0.178 e. The minimum Gasteiger partial charge on any atom is -0.497 e. The van der Waals surface area contributed by atoms with Gasteiger partial charge in [-0.05, 0) is 30.2 Å². The predicted molar refractivity (Wildman–Crippen MR) is 61.3 cm³/mol. The number of hydrogen-bond donors (Lipinski definition) is 1. The molecule has 0 fully saturated rings. The molecule has 1 rings (SSSR count). The largest absolute Gasteiger partial charge is 0.497 e. The van der Waals surface area contributed by atoms with Crippen molar-refractivity contribution in [2.75, 3.05) is 19.5 Å². The van der Waals surface area contributed by atoms with Gasteiger partial charge in [0.2, 0.25) is 0 Å². The number of aliphatic hydroxyl groups excluding tert-OH is 1. The van der Waals surface area contributed by atoms with E-state index < -0.39 is 9.84 Å². The van der Waals surface area contributed by atoms with Crippen molar-refractivity contribution in [3.05, 3.63) is 24.3 Å². The van der Waals surface area contributed by atoms with Crippen LogP contribution >= 0.6 is 0 Å². The maximum absolute atomic E-state index is 11.8. The highest BCUT2D eigenvalue weighted by Crippen LogP contribution is 2.18. The molecule has 0 amide bonds. The van der Waals surface area contributed by atoms with Crippen LogP contribution in [0.15, 0.2) is 29.2 Å². The molecule has 0 spiro atoms. The Morgan fingerprint density at radius 1 is 1.31 bits per heavy atom. The van der Waals surface area contributed by atoms with Crippen LogP contribution in [0.4, 0.5) is 0 Å². The first-order chi connectivity index (χ1) is 7.49. The van der Waals surface area contributed by atoms with E-state index in [0.717, 1.165) is 0 Å². The van der Waals surface area contributed by atoms with Gasteiger partial charge in [0.05, 0.1) is 17.8 Å². The highest BCUT2D eigenvalue weighted by Gasteiger charge is 2.17. The minimum atomic E-state index is -3.31. The molecular weight excluding hydrogens is 228 g/mol. The number of hydrogen-bond acceptors (Lipinski definition) is 4. The Balaban J connectivity index is 2.90. The molecule has 0 bridgehead atoms. The average molecular weight is 244 g/mol. The lowest BCUT2D eigenvalue weighted by atomic mass is 10.2. The molecule has 1 N–H and O–H groups in total. The van der Waals surface area contributed by atoms with E-state index in [2.05, 4.69) is 0 Å². The molecule has 1 atom stereocenters. The summed E-state index contributed by atoms with van der Waals surface area (Å²) in [6.45, 7) is 1.57. The van der Waals surface area contributed by atoms with Crippen LogP contribution in [0.25, 0.3) is 0 Å². The summed E-state index contributed by atoms with van der Waals surface area (Å²) in [7, 11) is -1.79. The van der Waals surface area contributed by atoms with E-state index in [4.69, 9.17) is 9.84 Å². The standard InChI is InChI=1S/C11H16O4S/c1-9(7-12)8-16(13,14)11-5-3-10(15-2)4-6-11/h3-6,9,12H,7-8H2,1-2H3. The Labute approximate surface area is 95.8 Å². The Bertz CT molecular complexity index is 422. The van der Waals surface area contributed by atoms with Gasteiger partial charge in [-0.1, -0.05) is 6.92 Å². The van der Waals surface area contributed by atoms with Gasteiger partial charge in [-0.25, -0.2) is 8.42 Å². The van der Waals surface area contributed by atoms with Crippen LogP contribution < -0.4 is 4.74 Å². The van der Waals surface area contributed by atoms with Crippen molar-refractivity contribution < 1.29 is 18.3 Å². The molecule has 0 aliphatic heterocycles. The van der Waals surface area contributed by atoms with Crippen LogP contribution in [-0.4, -0.2) is 33.0 Å². The average Bonchev–Trinajstić information content (AvgIpc) is 2.28. The van der Waals surface area contributed by atoms with Crippen LogP contribution in [0.3, 0.4) is 0 Å². The minimum absolute atomic E-state index is 0.0458. The van der Waals surface area contributed by atoms with Crippen molar-refractivity contribution in [2.24, 2.45) is 5.92 Å². The highest BCUT2D eigenvalue weighted by molar-refractivity contribution is 7.91. The molecule has 0 heterocycles. The molecule has 0 aromatic heterocycles. The molecule has 0 aliphatic carbocycles. The number of sulfone groups is 1. The summed E-state index contributed by atoms with van der Waals surface area (Å²) >= 11 is 0. The zero-order chi connectivity index (χ0) is 12.2. The van der Waals surface area contributed by atoms with E-state index in [1.807, 2.05) is 0 Å². The third kappa shape index (κ3) is 3.21. The number of ether oxygens (including phenoxy) is 1. The van der Waals surface area contributed by atoms with Crippen molar-refractivity contribution in [1.29, 1.82) is 0 Å². The Kier molecular flexibility index (Phi) is 4.32. The lowest BCUT2D eigenvalue weighted by Crippen LogP contribution is -2.16. The molecule has 90 valence electrons. The molecular formula is C11H16O4S. The summed E-state index contributed by atoms with van der Waals surface area (Å²) in [6, 6.07) is 6.24. The molecule has 0 saturated heterocycles. The van der Waals surface area contributed by atoms with E-state index in [1.165, 1.54) is 19.2 Å². The van der Waals surface area contributed by atoms with Crippen LogP contribution in [0.1, 0.15) is 6.92 Å². The third-order valence-corrected chi connectivity index (χ3v) is 4.23. The van der Waals surface area contributed by atoms with Crippen molar-refractivity contribution in [3.8, 4) is 5.75 Å². The van der Waals surface area contributed by atoms with Crippen LogP contribution in [0, 0.1) is 5.92 Å². The number of aliphatic hydroxyl groups is 1. The SMILES string of the molecule is COc1ccc(S(=O)(=O)CC(C)CO)cc1. The zero-order valence-corrected chi connectivity index (χ0v) is 10.2. The summed E-state index contributed by atoms with van der Waals surface area (Å²) in [4.78, 5) is 0.258. The summed E-state index contributed by atoms with van der Waals surface area (Å²) in [5.74, 6) is 0.316. The van der Waals surface area contributed by atoms with Gasteiger partial charge in [-0.2, -0.15) is 0 Å². The van der Waals surface area contributed by atoms with E-state index in [-0.39, 0.29) is 23.2 Å². The third-order valence-electron chi connectivity index (χ3n) is 2.23. The monoisotopic (exact) mass is 244 g/mol. The molecule has 1 aromatic carbocycles. The van der Waals surface area contributed by atoms with Gasteiger partial charge in [0.1, 0.15) is 5.75 Å². The van der Waals surface area contributed by atoms with Crippen molar-refractivity contribution in [2.45, 2.75) is 11.8 Å². The molecule has 0 aliphatic rings. The predicted octanol–water partition coefficient (Wildman–Crippen LogP) is 1.10. The summed E-state index contributed by atoms with van der Waals surface area (Å²) < 4.78 is 28.6. The lowest BCUT2D eigenvalue weighted by molar-refractivity contribution is 0.249. The van der Waals surface area contributed by atoms with Gasteiger partial charge in [-0.3, -0.25) is 0 Å². The molecule has 5 heteroatoms. The van der Waals surface area contributed by atoms with Gasteiger partial charge in [-0.15, -0.1) is 0 Å². The summed E-state index contributed by atoms with van der Waals surface area (Å²) in [6.07, 6.45) is 0. The van der Waals surface area contributed by atoms with Gasteiger partial charge in [0.15, 0.2) is 9.84 Å². The molecule has 0 radical (unpaired) electrons. The van der Waals surface area contributed by atoms with Crippen LogP contribution in [0.5, 0.6) is 5.75 Å². The van der Waals surface area contributed by atoms with Crippen LogP contribution in [-0.2, 0) is 9.84 Å². The summed E-state index contributed by atoms with van der Waals surface area (Å²) in [5.41, 5.74) is 0. The fourth-order valence-electron chi connectivity index (χ4n) is 1.31. The van der Waals surface area contributed by atoms with Crippen molar-refractivity contribution in [3.63, 3.8) is 0 Å². The topological polar surface area (TPSA) is 63.6 Å². The van der Waals surface area contributed by atoms with E-state index >= 15 is 0 Å². The summed E-state index contributed by atoms with van der Waals surface area (Å²) in [5, 5.41) is 8.84. The van der Waals surface area contributed by atoms with Gasteiger partial charge < -0.3 is 9.84 Å². The molecule has 4 nitrogen and oxygen atoms in total. The quantitative estimate of drug-likeness (QED) is 0.842. The molecule has 0 saturated carbocycles. The van der Waals surface area contributed by atoms with Gasteiger partial charge in [0.25, 0.3) is 0 Å². The molecule has 1 aromatic rings. The first-order valence-corrected chi connectivity index (χ1v) is 6.62. The highest BCUT2D eigenvalue weighted by atomic mass is 32.2.